The van der Waals surface area contributed by atoms with Gasteiger partial charge in [-0.15, -0.1) is 0 Å². The summed E-state index contributed by atoms with van der Waals surface area (Å²) in [5.41, 5.74) is 8.83. The van der Waals surface area contributed by atoms with Crippen molar-refractivity contribution in [1.29, 1.82) is 0 Å². The summed E-state index contributed by atoms with van der Waals surface area (Å²) in [7, 11) is -2.22. The van der Waals surface area contributed by atoms with Crippen molar-refractivity contribution in [2.24, 2.45) is 4.88 Å². The first kappa shape index (κ1) is 19.6. The average molecular weight is 343 g/mol. The molecule has 1 N–H and O–H groups in total. The Morgan fingerprint density at radius 1 is 1.52 bits per heavy atom. The fourth-order valence-corrected chi connectivity index (χ4v) is 3.14. The predicted octanol–water partition coefficient (Wildman–Crippen LogP) is 3.77. The lowest BCUT2D eigenvalue weighted by Gasteiger charge is -2.28. The standard InChI is InChI=1S/C14H24N4O4P/c1-4-12(5-2)22-13-8-10(14(19)21-6-3)7-11(9-13)16-23(20)18-17-15/h8,11-13H,4-7,9H2,1-3H3,(H,16,20)/q+1. The van der Waals surface area contributed by atoms with E-state index in [4.69, 9.17) is 15.0 Å². The van der Waals surface area contributed by atoms with E-state index < -0.39 is 14.1 Å². The SMILES string of the molecule is CCOC(=O)C1=CC(OC(CC)CC)CC(N[P+](=O)N=[N+]=[N-])C1. The first-order chi connectivity index (χ1) is 11.0. The van der Waals surface area contributed by atoms with E-state index in [1.807, 2.05) is 13.8 Å². The van der Waals surface area contributed by atoms with Crippen molar-refractivity contribution >= 4 is 14.1 Å². The van der Waals surface area contributed by atoms with Gasteiger partial charge in [0.1, 0.15) is 0 Å². The summed E-state index contributed by atoms with van der Waals surface area (Å²) in [5.74, 6) is -0.392. The van der Waals surface area contributed by atoms with Gasteiger partial charge >= 0.3 is 14.1 Å². The number of ether oxygens (including phenoxy) is 2. The largest absolute Gasteiger partial charge is 0.558 e. The number of carbonyl (C=O) groups excluding carboxylic acids is 1. The molecule has 0 aromatic rings. The molecule has 128 valence electrons. The molecule has 0 aromatic carbocycles. The van der Waals surface area contributed by atoms with Gasteiger partial charge in [-0.3, -0.25) is 0 Å². The third-order valence-corrected chi connectivity index (χ3v) is 4.43. The second-order valence-electron chi connectivity index (χ2n) is 5.24. The second-order valence-corrected chi connectivity index (χ2v) is 6.23. The Kier molecular flexibility index (Phi) is 8.81. The molecule has 0 fully saturated rings. The maximum atomic E-state index is 12.0. The number of nitrogens with one attached hydrogen (secondary N) is 1. The molecule has 3 unspecified atom stereocenters. The molecule has 1 rings (SSSR count). The highest BCUT2D eigenvalue weighted by Gasteiger charge is 2.32. The highest BCUT2D eigenvalue weighted by Crippen LogP contribution is 2.28. The fraction of sp³-hybridized carbons (Fsp3) is 0.786. The fourth-order valence-electron chi connectivity index (χ4n) is 2.50. The highest BCUT2D eigenvalue weighted by atomic mass is 31.1. The van der Waals surface area contributed by atoms with Crippen molar-refractivity contribution in [2.45, 2.75) is 64.7 Å². The molecule has 0 bridgehead atoms. The maximum absolute atomic E-state index is 12.0. The third-order valence-electron chi connectivity index (χ3n) is 3.60. The van der Waals surface area contributed by atoms with Crippen LogP contribution in [-0.2, 0) is 18.8 Å². The van der Waals surface area contributed by atoms with E-state index in [-0.39, 0.29) is 18.2 Å². The van der Waals surface area contributed by atoms with Crippen LogP contribution >= 0.6 is 8.10 Å². The van der Waals surface area contributed by atoms with Crippen LogP contribution in [0.15, 0.2) is 16.5 Å². The number of nitrogens with zero attached hydrogens (tertiary/aromatic N) is 3. The second kappa shape index (κ2) is 10.3. The molecule has 8 nitrogen and oxygen atoms in total. The van der Waals surface area contributed by atoms with Gasteiger partial charge in [0.2, 0.25) is 0 Å². The van der Waals surface area contributed by atoms with Crippen LogP contribution < -0.4 is 5.09 Å². The Labute approximate surface area is 137 Å². The van der Waals surface area contributed by atoms with Gasteiger partial charge in [-0.1, -0.05) is 18.9 Å². The topological polar surface area (TPSA) is 113 Å². The molecule has 0 saturated carbocycles. The normalized spacial score (nSPS) is 21.4. The van der Waals surface area contributed by atoms with Crippen molar-refractivity contribution in [3.8, 4) is 0 Å². The molecule has 0 amide bonds. The van der Waals surface area contributed by atoms with Crippen LogP contribution in [0.5, 0.6) is 0 Å². The van der Waals surface area contributed by atoms with Crippen LogP contribution in [0.3, 0.4) is 0 Å². The van der Waals surface area contributed by atoms with E-state index in [1.165, 1.54) is 0 Å². The molecular formula is C14H24N4O4P+. The number of hydrogen-bond acceptors (Lipinski definition) is 4. The van der Waals surface area contributed by atoms with Crippen LogP contribution in [-0.4, -0.2) is 30.8 Å². The van der Waals surface area contributed by atoms with Gasteiger partial charge in [-0.25, -0.2) is 4.79 Å². The number of azide groups is 1. The summed E-state index contributed by atoms with van der Waals surface area (Å²) in [6.45, 7) is 6.12. The van der Waals surface area contributed by atoms with E-state index in [1.54, 1.807) is 13.0 Å². The monoisotopic (exact) mass is 343 g/mol. The van der Waals surface area contributed by atoms with Gasteiger partial charge in [0.05, 0.1) is 24.9 Å². The van der Waals surface area contributed by atoms with Gasteiger partial charge in [-0.05, 0) is 43.2 Å². The van der Waals surface area contributed by atoms with Crippen LogP contribution in [0.2, 0.25) is 0 Å². The lowest BCUT2D eigenvalue weighted by atomic mass is 9.93. The van der Waals surface area contributed by atoms with Crippen molar-refractivity contribution in [3.63, 3.8) is 0 Å². The van der Waals surface area contributed by atoms with Gasteiger partial charge in [-0.2, -0.15) is 0 Å². The summed E-state index contributed by atoms with van der Waals surface area (Å²) in [6, 6.07) is -0.270. The van der Waals surface area contributed by atoms with Gasteiger partial charge in [0, 0.05) is 16.0 Å². The molecule has 1 aliphatic carbocycles. The van der Waals surface area contributed by atoms with Crippen molar-refractivity contribution < 1.29 is 18.8 Å². The minimum Gasteiger partial charge on any atom is -0.463 e. The number of hydrogen-bond donors (Lipinski definition) is 1. The minimum atomic E-state index is -2.22. The average Bonchev–Trinajstić information content (AvgIpc) is 2.52. The van der Waals surface area contributed by atoms with E-state index in [2.05, 4.69) is 14.9 Å². The molecule has 1 aliphatic rings. The zero-order valence-corrected chi connectivity index (χ0v) is 14.7. The Morgan fingerprint density at radius 3 is 2.78 bits per heavy atom. The van der Waals surface area contributed by atoms with Crippen LogP contribution in [0.25, 0.3) is 10.4 Å². The van der Waals surface area contributed by atoms with Crippen LogP contribution in [0.4, 0.5) is 0 Å². The zero-order valence-electron chi connectivity index (χ0n) is 13.8. The predicted molar refractivity (Wildman–Crippen MR) is 86.9 cm³/mol. The Bertz CT molecular complexity index is 501. The smallest absolute Gasteiger partial charge is 0.463 e. The zero-order chi connectivity index (χ0) is 17.2. The number of esters is 1. The molecule has 3 atom stereocenters. The summed E-state index contributed by atoms with van der Waals surface area (Å²) in [4.78, 5) is 17.7. The van der Waals surface area contributed by atoms with Gasteiger partial charge in [0.15, 0.2) is 4.88 Å². The van der Waals surface area contributed by atoms with E-state index in [9.17, 15) is 9.36 Å². The Hall–Kier alpha value is -1.46. The molecule has 0 radical (unpaired) electrons. The molecule has 0 aromatic heterocycles. The summed E-state index contributed by atoms with van der Waals surface area (Å²) in [5, 5.41) is 2.75. The molecule has 23 heavy (non-hydrogen) atoms. The van der Waals surface area contributed by atoms with Crippen LogP contribution in [0.1, 0.15) is 46.5 Å². The first-order valence-corrected chi connectivity index (χ1v) is 9.06. The Morgan fingerprint density at radius 2 is 2.22 bits per heavy atom. The minimum absolute atomic E-state index is 0.101. The highest BCUT2D eigenvalue weighted by molar-refractivity contribution is 7.40. The molecule has 0 aliphatic heterocycles. The molecular weight excluding hydrogens is 319 g/mol. The van der Waals surface area contributed by atoms with E-state index >= 15 is 0 Å². The number of rotatable bonds is 9. The van der Waals surface area contributed by atoms with Crippen molar-refractivity contribution in [1.82, 2.24) is 5.09 Å². The molecule has 0 saturated heterocycles. The lowest BCUT2D eigenvalue weighted by molar-refractivity contribution is -0.139. The van der Waals surface area contributed by atoms with Crippen molar-refractivity contribution in [2.75, 3.05) is 6.61 Å². The number of carbonyl (C=O) groups is 1. The third kappa shape index (κ3) is 6.67. The van der Waals surface area contributed by atoms with Crippen LogP contribution in [0, 0.1) is 0 Å². The molecule has 0 spiro atoms. The van der Waals surface area contributed by atoms with Gasteiger partial charge < -0.3 is 9.47 Å². The summed E-state index contributed by atoms with van der Waals surface area (Å²) in [6.07, 6.45) is 4.30. The quantitative estimate of drug-likeness (QED) is 0.225. The van der Waals surface area contributed by atoms with E-state index in [0.29, 0.717) is 25.0 Å². The van der Waals surface area contributed by atoms with Crippen molar-refractivity contribution in [3.05, 3.63) is 22.1 Å². The Balaban J connectivity index is 2.85. The maximum Gasteiger partial charge on any atom is 0.558 e. The summed E-state index contributed by atoms with van der Waals surface area (Å²) < 4.78 is 22.6. The first-order valence-electron chi connectivity index (χ1n) is 7.85. The molecule has 9 heteroatoms. The van der Waals surface area contributed by atoms with Gasteiger partial charge in [0.25, 0.3) is 0 Å². The lowest BCUT2D eigenvalue weighted by Crippen LogP contribution is -2.36. The summed E-state index contributed by atoms with van der Waals surface area (Å²) >= 11 is 0. The van der Waals surface area contributed by atoms with E-state index in [0.717, 1.165) is 12.8 Å². The molecule has 0 heterocycles.